The summed E-state index contributed by atoms with van der Waals surface area (Å²) in [7, 11) is 1.80. The van der Waals surface area contributed by atoms with Gasteiger partial charge in [0.25, 0.3) is 5.91 Å². The zero-order chi connectivity index (χ0) is 14.8. The SMILES string of the molecule is Cn1cc(O[C@@H]2COC[C@@H]2NC(=O)c2ccoc2Cl)cn1. The third-order valence-electron chi connectivity index (χ3n) is 3.18. The quantitative estimate of drug-likeness (QED) is 0.919. The van der Waals surface area contributed by atoms with E-state index in [9.17, 15) is 4.79 Å². The molecule has 0 radical (unpaired) electrons. The first kappa shape index (κ1) is 14.0. The third kappa shape index (κ3) is 3.03. The number of aromatic nitrogens is 2. The Morgan fingerprint density at radius 2 is 2.43 bits per heavy atom. The molecule has 1 aliphatic rings. The van der Waals surface area contributed by atoms with E-state index in [-0.39, 0.29) is 23.3 Å². The van der Waals surface area contributed by atoms with Gasteiger partial charge in [-0.3, -0.25) is 9.48 Å². The normalized spacial score (nSPS) is 21.4. The van der Waals surface area contributed by atoms with Gasteiger partial charge in [0.1, 0.15) is 6.10 Å². The lowest BCUT2D eigenvalue weighted by Gasteiger charge is -2.19. The van der Waals surface area contributed by atoms with Crippen molar-refractivity contribution < 1.29 is 18.7 Å². The number of carbonyl (C=O) groups excluding carboxylic acids is 1. The average molecular weight is 312 g/mol. The molecule has 3 rings (SSSR count). The number of hydrogen-bond donors (Lipinski definition) is 1. The van der Waals surface area contributed by atoms with Gasteiger partial charge in [-0.1, -0.05) is 0 Å². The number of hydrogen-bond acceptors (Lipinski definition) is 5. The Balaban J connectivity index is 1.64. The van der Waals surface area contributed by atoms with E-state index in [0.29, 0.717) is 24.5 Å². The Bertz CT molecular complexity index is 639. The first-order valence-electron chi connectivity index (χ1n) is 6.40. The summed E-state index contributed by atoms with van der Waals surface area (Å²) in [6.45, 7) is 0.783. The molecule has 2 atom stereocenters. The fourth-order valence-corrected chi connectivity index (χ4v) is 2.32. The number of nitrogens with one attached hydrogen (secondary N) is 1. The Kier molecular flexibility index (Phi) is 3.85. The lowest BCUT2D eigenvalue weighted by molar-refractivity contribution is 0.0903. The highest BCUT2D eigenvalue weighted by molar-refractivity contribution is 6.32. The van der Waals surface area contributed by atoms with Gasteiger partial charge >= 0.3 is 0 Å². The van der Waals surface area contributed by atoms with Crippen molar-refractivity contribution in [2.75, 3.05) is 13.2 Å². The fourth-order valence-electron chi connectivity index (χ4n) is 2.12. The molecule has 0 saturated carbocycles. The number of furan rings is 1. The molecular formula is C13H14ClN3O4. The van der Waals surface area contributed by atoms with Crippen LogP contribution in [0.15, 0.2) is 29.1 Å². The van der Waals surface area contributed by atoms with Crippen molar-refractivity contribution in [3.63, 3.8) is 0 Å². The van der Waals surface area contributed by atoms with Crippen LogP contribution in [0.25, 0.3) is 0 Å². The predicted molar refractivity (Wildman–Crippen MR) is 73.4 cm³/mol. The Morgan fingerprint density at radius 1 is 1.57 bits per heavy atom. The van der Waals surface area contributed by atoms with E-state index in [0.717, 1.165) is 0 Å². The van der Waals surface area contributed by atoms with Crippen molar-refractivity contribution in [1.29, 1.82) is 0 Å². The average Bonchev–Trinajstić information content (AvgIpc) is 3.14. The molecule has 0 aliphatic carbocycles. The minimum absolute atomic E-state index is 0.0659. The lowest BCUT2D eigenvalue weighted by Crippen LogP contribution is -2.45. The van der Waals surface area contributed by atoms with Gasteiger partial charge in [0.05, 0.1) is 43.5 Å². The molecular weight excluding hydrogens is 298 g/mol. The molecule has 21 heavy (non-hydrogen) atoms. The van der Waals surface area contributed by atoms with E-state index >= 15 is 0 Å². The molecule has 112 valence electrons. The van der Waals surface area contributed by atoms with Crippen LogP contribution >= 0.6 is 11.6 Å². The zero-order valence-corrected chi connectivity index (χ0v) is 12.0. The molecule has 0 spiro atoms. The maximum Gasteiger partial charge on any atom is 0.256 e. The van der Waals surface area contributed by atoms with Crippen LogP contribution in [-0.4, -0.2) is 41.0 Å². The summed E-state index contributed by atoms with van der Waals surface area (Å²) >= 11 is 5.79. The van der Waals surface area contributed by atoms with Crippen LogP contribution in [0.2, 0.25) is 5.22 Å². The first-order chi connectivity index (χ1) is 10.1. The Hall–Kier alpha value is -1.99. The summed E-state index contributed by atoms with van der Waals surface area (Å²) in [6.07, 6.45) is 4.46. The van der Waals surface area contributed by atoms with Crippen molar-refractivity contribution in [3.8, 4) is 5.75 Å². The second-order valence-corrected chi connectivity index (χ2v) is 5.07. The standard InChI is InChI=1S/C13H14ClN3O4/c1-17-5-8(4-15-17)21-11-7-19-6-10(11)16-13(18)9-2-3-20-12(9)14/h2-5,10-11H,6-7H2,1H3,(H,16,18)/t10-,11+/m0/s1. The summed E-state index contributed by atoms with van der Waals surface area (Å²) in [5.74, 6) is 0.317. The fraction of sp³-hybridized carbons (Fsp3) is 0.385. The van der Waals surface area contributed by atoms with Crippen molar-refractivity contribution in [1.82, 2.24) is 15.1 Å². The summed E-state index contributed by atoms with van der Waals surface area (Å²) in [6, 6.07) is 1.26. The molecule has 3 heterocycles. The lowest BCUT2D eigenvalue weighted by atomic mass is 10.2. The van der Waals surface area contributed by atoms with E-state index in [2.05, 4.69) is 10.4 Å². The number of aryl methyl sites for hydroxylation is 1. The summed E-state index contributed by atoms with van der Waals surface area (Å²) in [5, 5.41) is 6.94. The van der Waals surface area contributed by atoms with Gasteiger partial charge in [0, 0.05) is 7.05 Å². The van der Waals surface area contributed by atoms with Crippen LogP contribution in [0.3, 0.4) is 0 Å². The monoisotopic (exact) mass is 311 g/mol. The van der Waals surface area contributed by atoms with Crippen LogP contribution in [0.5, 0.6) is 5.75 Å². The molecule has 8 heteroatoms. The summed E-state index contributed by atoms with van der Waals surface area (Å²) < 4.78 is 17.7. The Labute approximate surface area is 125 Å². The van der Waals surface area contributed by atoms with Gasteiger partial charge in [-0.25, -0.2) is 0 Å². The van der Waals surface area contributed by atoms with Gasteiger partial charge in [-0.05, 0) is 17.7 Å². The molecule has 1 saturated heterocycles. The molecule has 0 bridgehead atoms. The van der Waals surface area contributed by atoms with Gasteiger partial charge < -0.3 is 19.2 Å². The molecule has 0 aromatic carbocycles. The number of carbonyl (C=O) groups is 1. The first-order valence-corrected chi connectivity index (χ1v) is 6.78. The van der Waals surface area contributed by atoms with Crippen LogP contribution in [0.1, 0.15) is 10.4 Å². The molecule has 1 aliphatic heterocycles. The van der Waals surface area contributed by atoms with Crippen molar-refractivity contribution >= 4 is 17.5 Å². The summed E-state index contributed by atoms with van der Waals surface area (Å²) in [5.41, 5.74) is 0.295. The van der Waals surface area contributed by atoms with Crippen molar-refractivity contribution in [3.05, 3.63) is 35.5 Å². The minimum Gasteiger partial charge on any atom is -0.482 e. The van der Waals surface area contributed by atoms with E-state index in [1.54, 1.807) is 24.1 Å². The highest BCUT2D eigenvalue weighted by Crippen LogP contribution is 2.19. The number of amides is 1. The summed E-state index contributed by atoms with van der Waals surface area (Å²) in [4.78, 5) is 12.1. The van der Waals surface area contributed by atoms with Crippen LogP contribution in [0.4, 0.5) is 0 Å². The van der Waals surface area contributed by atoms with E-state index in [4.69, 9.17) is 25.5 Å². The highest BCUT2D eigenvalue weighted by atomic mass is 35.5. The molecule has 1 N–H and O–H groups in total. The number of ether oxygens (including phenoxy) is 2. The van der Waals surface area contributed by atoms with E-state index in [1.165, 1.54) is 12.3 Å². The smallest absolute Gasteiger partial charge is 0.256 e. The van der Waals surface area contributed by atoms with E-state index in [1.807, 2.05) is 0 Å². The largest absolute Gasteiger partial charge is 0.482 e. The Morgan fingerprint density at radius 3 is 3.10 bits per heavy atom. The number of halogens is 1. The van der Waals surface area contributed by atoms with Crippen LogP contribution < -0.4 is 10.1 Å². The third-order valence-corrected chi connectivity index (χ3v) is 3.47. The molecule has 1 fully saturated rings. The van der Waals surface area contributed by atoms with Crippen molar-refractivity contribution in [2.24, 2.45) is 7.05 Å². The van der Waals surface area contributed by atoms with Gasteiger partial charge in [-0.15, -0.1) is 0 Å². The van der Waals surface area contributed by atoms with Gasteiger partial charge in [0.15, 0.2) is 5.75 Å². The molecule has 7 nitrogen and oxygen atoms in total. The van der Waals surface area contributed by atoms with Gasteiger partial charge in [-0.2, -0.15) is 5.10 Å². The van der Waals surface area contributed by atoms with Crippen LogP contribution in [0, 0.1) is 0 Å². The van der Waals surface area contributed by atoms with Crippen LogP contribution in [-0.2, 0) is 11.8 Å². The number of rotatable bonds is 4. The number of nitrogens with zero attached hydrogens (tertiary/aromatic N) is 2. The predicted octanol–water partition coefficient (Wildman–Crippen LogP) is 1.24. The van der Waals surface area contributed by atoms with Gasteiger partial charge in [0.2, 0.25) is 5.22 Å². The maximum absolute atomic E-state index is 12.1. The molecule has 2 aromatic rings. The van der Waals surface area contributed by atoms with E-state index < -0.39 is 0 Å². The zero-order valence-electron chi connectivity index (χ0n) is 11.3. The minimum atomic E-state index is -0.316. The topological polar surface area (TPSA) is 78.5 Å². The second kappa shape index (κ2) is 5.79. The second-order valence-electron chi connectivity index (χ2n) is 4.73. The maximum atomic E-state index is 12.1. The van der Waals surface area contributed by atoms with Crippen molar-refractivity contribution in [2.45, 2.75) is 12.1 Å². The molecule has 1 amide bonds. The molecule has 0 unspecified atom stereocenters. The highest BCUT2D eigenvalue weighted by Gasteiger charge is 2.32. The molecule has 2 aromatic heterocycles.